The molecule has 0 spiro atoms. The summed E-state index contributed by atoms with van der Waals surface area (Å²) in [4.78, 5) is 23.8. The lowest BCUT2D eigenvalue weighted by Gasteiger charge is -2.16. The van der Waals surface area contributed by atoms with Gasteiger partial charge in [-0.3, -0.25) is 9.59 Å². The summed E-state index contributed by atoms with van der Waals surface area (Å²) in [6.07, 6.45) is 1.09. The molecule has 116 valence electrons. The van der Waals surface area contributed by atoms with E-state index in [1.807, 2.05) is 31.3 Å². The van der Waals surface area contributed by atoms with E-state index in [0.29, 0.717) is 26.0 Å². The number of ether oxygens (including phenoxy) is 1. The summed E-state index contributed by atoms with van der Waals surface area (Å²) in [6, 6.07) is 7.91. The van der Waals surface area contributed by atoms with E-state index in [4.69, 9.17) is 9.84 Å². The number of carboxylic acid groups (broad SMARTS) is 1. The van der Waals surface area contributed by atoms with Crippen molar-refractivity contribution in [3.8, 4) is 0 Å². The highest BCUT2D eigenvalue weighted by Gasteiger charge is 2.06. The van der Waals surface area contributed by atoms with Gasteiger partial charge in [-0.25, -0.2) is 0 Å². The number of hydrogen-bond acceptors (Lipinski definition) is 4. The topological polar surface area (TPSA) is 66.8 Å². The van der Waals surface area contributed by atoms with Crippen LogP contribution in [0, 0.1) is 0 Å². The Morgan fingerprint density at radius 3 is 2.33 bits per heavy atom. The highest BCUT2D eigenvalue weighted by Crippen LogP contribution is 2.09. The van der Waals surface area contributed by atoms with E-state index in [0.717, 1.165) is 17.7 Å². The first-order chi connectivity index (χ1) is 10.0. The van der Waals surface area contributed by atoms with Crippen molar-refractivity contribution in [2.75, 3.05) is 20.2 Å². The maximum Gasteiger partial charge on any atom is 0.307 e. The van der Waals surface area contributed by atoms with Crippen LogP contribution < -0.4 is 0 Å². The van der Waals surface area contributed by atoms with Crippen LogP contribution in [0.15, 0.2) is 24.3 Å². The summed E-state index contributed by atoms with van der Waals surface area (Å²) < 4.78 is 4.89. The van der Waals surface area contributed by atoms with Gasteiger partial charge >= 0.3 is 11.9 Å². The molecule has 0 radical (unpaired) electrons. The molecule has 1 rings (SSSR count). The Labute approximate surface area is 125 Å². The Kier molecular flexibility index (Phi) is 7.46. The minimum Gasteiger partial charge on any atom is -0.481 e. The van der Waals surface area contributed by atoms with Gasteiger partial charge in [-0.05, 0) is 31.5 Å². The summed E-state index contributed by atoms with van der Waals surface area (Å²) in [5.74, 6) is -0.953. The molecule has 0 saturated heterocycles. The van der Waals surface area contributed by atoms with Gasteiger partial charge in [0.2, 0.25) is 0 Å². The first-order valence-electron chi connectivity index (χ1n) is 7.15. The Balaban J connectivity index is 2.37. The molecule has 5 nitrogen and oxygen atoms in total. The predicted octanol–water partition coefficient (Wildman–Crippen LogP) is 2.09. The van der Waals surface area contributed by atoms with E-state index in [1.54, 1.807) is 6.92 Å². The zero-order valence-electron chi connectivity index (χ0n) is 12.7. The number of hydrogen-bond donors (Lipinski definition) is 1. The van der Waals surface area contributed by atoms with E-state index < -0.39 is 5.97 Å². The summed E-state index contributed by atoms with van der Waals surface area (Å²) >= 11 is 0. The Bertz CT molecular complexity index is 456. The molecule has 21 heavy (non-hydrogen) atoms. The second-order valence-corrected chi connectivity index (χ2v) is 5.00. The standard InChI is InChI=1S/C16H23NO4/c1-3-21-16(20)10-11-17(2)12-14-6-4-13(5-7-14)8-9-15(18)19/h4-7H,3,8-12H2,1-2H3,(H,18,19). The molecule has 0 fully saturated rings. The van der Waals surface area contributed by atoms with Crippen molar-refractivity contribution in [2.45, 2.75) is 32.7 Å². The third-order valence-corrected chi connectivity index (χ3v) is 3.11. The molecule has 0 amide bonds. The van der Waals surface area contributed by atoms with Crippen LogP contribution in [0.25, 0.3) is 0 Å². The van der Waals surface area contributed by atoms with Crippen LogP contribution in [0.2, 0.25) is 0 Å². The lowest BCUT2D eigenvalue weighted by Crippen LogP contribution is -2.22. The average molecular weight is 293 g/mol. The van der Waals surface area contributed by atoms with Crippen molar-refractivity contribution < 1.29 is 19.4 Å². The second kappa shape index (κ2) is 9.13. The average Bonchev–Trinajstić information content (AvgIpc) is 2.45. The third-order valence-electron chi connectivity index (χ3n) is 3.11. The van der Waals surface area contributed by atoms with Crippen LogP contribution in [0.3, 0.4) is 0 Å². The van der Waals surface area contributed by atoms with E-state index in [2.05, 4.69) is 4.90 Å². The maximum absolute atomic E-state index is 11.3. The molecule has 1 aromatic carbocycles. The maximum atomic E-state index is 11.3. The number of rotatable bonds is 9. The molecule has 0 aliphatic carbocycles. The number of carboxylic acids is 1. The van der Waals surface area contributed by atoms with Crippen molar-refractivity contribution in [3.63, 3.8) is 0 Å². The lowest BCUT2D eigenvalue weighted by atomic mass is 10.1. The molecule has 0 unspecified atom stereocenters. The van der Waals surface area contributed by atoms with Gasteiger partial charge in [-0.1, -0.05) is 24.3 Å². The quantitative estimate of drug-likeness (QED) is 0.706. The zero-order valence-corrected chi connectivity index (χ0v) is 12.7. The van der Waals surface area contributed by atoms with Gasteiger partial charge in [0.1, 0.15) is 0 Å². The highest BCUT2D eigenvalue weighted by molar-refractivity contribution is 5.69. The zero-order chi connectivity index (χ0) is 15.7. The number of benzene rings is 1. The molecule has 0 aliphatic rings. The molecule has 0 aromatic heterocycles. The molecule has 0 heterocycles. The van der Waals surface area contributed by atoms with Gasteiger partial charge in [0.25, 0.3) is 0 Å². The molecule has 5 heteroatoms. The number of esters is 1. The van der Waals surface area contributed by atoms with Crippen LogP contribution >= 0.6 is 0 Å². The van der Waals surface area contributed by atoms with Crippen LogP contribution in [-0.4, -0.2) is 42.1 Å². The molecule has 0 saturated carbocycles. The molecule has 1 N–H and O–H groups in total. The summed E-state index contributed by atoms with van der Waals surface area (Å²) in [5, 5.41) is 8.65. The molecule has 0 atom stereocenters. The van der Waals surface area contributed by atoms with Gasteiger partial charge in [-0.2, -0.15) is 0 Å². The van der Waals surface area contributed by atoms with Gasteiger partial charge in [0.15, 0.2) is 0 Å². The lowest BCUT2D eigenvalue weighted by molar-refractivity contribution is -0.143. The minimum atomic E-state index is -0.780. The van der Waals surface area contributed by atoms with E-state index in [-0.39, 0.29) is 12.4 Å². The fraction of sp³-hybridized carbons (Fsp3) is 0.500. The summed E-state index contributed by atoms with van der Waals surface area (Å²) in [6.45, 7) is 3.62. The van der Waals surface area contributed by atoms with Crippen molar-refractivity contribution in [3.05, 3.63) is 35.4 Å². The first-order valence-corrected chi connectivity index (χ1v) is 7.15. The Hall–Kier alpha value is -1.88. The summed E-state index contributed by atoms with van der Waals surface area (Å²) in [7, 11) is 1.96. The van der Waals surface area contributed by atoms with Gasteiger partial charge in [-0.15, -0.1) is 0 Å². The molecule has 1 aromatic rings. The predicted molar refractivity (Wildman–Crippen MR) is 80.0 cm³/mol. The fourth-order valence-electron chi connectivity index (χ4n) is 1.97. The van der Waals surface area contributed by atoms with Crippen LogP contribution in [0.1, 0.15) is 30.9 Å². The largest absolute Gasteiger partial charge is 0.481 e. The summed E-state index contributed by atoms with van der Waals surface area (Å²) in [5.41, 5.74) is 2.16. The number of aryl methyl sites for hydroxylation is 1. The van der Waals surface area contributed by atoms with Gasteiger partial charge < -0.3 is 14.7 Å². The fourth-order valence-corrected chi connectivity index (χ4v) is 1.97. The van der Waals surface area contributed by atoms with Crippen molar-refractivity contribution in [1.29, 1.82) is 0 Å². The van der Waals surface area contributed by atoms with Crippen LogP contribution in [0.4, 0.5) is 0 Å². The minimum absolute atomic E-state index is 0.152. The molecule has 0 aliphatic heterocycles. The smallest absolute Gasteiger partial charge is 0.307 e. The number of nitrogens with zero attached hydrogens (tertiary/aromatic N) is 1. The van der Waals surface area contributed by atoms with Crippen LogP contribution in [0.5, 0.6) is 0 Å². The van der Waals surface area contributed by atoms with Crippen molar-refractivity contribution >= 4 is 11.9 Å². The SMILES string of the molecule is CCOC(=O)CCN(C)Cc1ccc(CCC(=O)O)cc1. The Morgan fingerprint density at radius 1 is 1.14 bits per heavy atom. The Morgan fingerprint density at radius 2 is 1.76 bits per heavy atom. The molecular formula is C16H23NO4. The van der Waals surface area contributed by atoms with E-state index in [1.165, 1.54) is 0 Å². The van der Waals surface area contributed by atoms with Gasteiger partial charge in [0, 0.05) is 19.5 Å². The number of carbonyl (C=O) groups excluding carboxylic acids is 1. The number of aliphatic carboxylic acids is 1. The van der Waals surface area contributed by atoms with E-state index in [9.17, 15) is 9.59 Å². The highest BCUT2D eigenvalue weighted by atomic mass is 16.5. The number of carbonyl (C=O) groups is 2. The first kappa shape index (κ1) is 17.2. The van der Waals surface area contributed by atoms with Crippen molar-refractivity contribution in [2.24, 2.45) is 0 Å². The second-order valence-electron chi connectivity index (χ2n) is 5.00. The van der Waals surface area contributed by atoms with Crippen molar-refractivity contribution in [1.82, 2.24) is 4.90 Å². The molecule has 0 bridgehead atoms. The van der Waals surface area contributed by atoms with Crippen LogP contribution in [-0.2, 0) is 27.3 Å². The van der Waals surface area contributed by atoms with E-state index >= 15 is 0 Å². The monoisotopic (exact) mass is 293 g/mol. The third kappa shape index (κ3) is 7.46. The normalized spacial score (nSPS) is 10.6. The van der Waals surface area contributed by atoms with Gasteiger partial charge in [0.05, 0.1) is 13.0 Å². The molecular weight excluding hydrogens is 270 g/mol.